The fourth-order valence-corrected chi connectivity index (χ4v) is 3.42. The number of carbonyl (C=O) groups excluding carboxylic acids is 3. The molecule has 2 amide bonds. The highest BCUT2D eigenvalue weighted by atomic mass is 32.1. The van der Waals surface area contributed by atoms with Crippen molar-refractivity contribution < 1.29 is 19.1 Å². The average molecular weight is 358 g/mol. The molecule has 1 aromatic heterocycles. The van der Waals surface area contributed by atoms with Crippen LogP contribution in [-0.2, 0) is 11.3 Å². The summed E-state index contributed by atoms with van der Waals surface area (Å²) in [4.78, 5) is 38.7. The molecule has 0 saturated heterocycles. The summed E-state index contributed by atoms with van der Waals surface area (Å²) in [5.41, 5.74) is 6.68. The Morgan fingerprint density at radius 3 is 2.56 bits per heavy atom. The molecule has 1 aliphatic rings. The molecule has 25 heavy (non-hydrogen) atoms. The van der Waals surface area contributed by atoms with Crippen molar-refractivity contribution in [1.82, 2.24) is 4.90 Å². The largest absolute Gasteiger partial charge is 0.456 e. The molecule has 0 aliphatic carbocycles. The van der Waals surface area contributed by atoms with E-state index in [-0.39, 0.29) is 27.9 Å². The van der Waals surface area contributed by atoms with Crippen LogP contribution in [0.3, 0.4) is 0 Å². The van der Waals surface area contributed by atoms with Crippen molar-refractivity contribution in [1.29, 1.82) is 0 Å². The summed E-state index contributed by atoms with van der Waals surface area (Å²) in [7, 11) is 0. The number of rotatable bonds is 2. The topological polar surface area (TPSA) is 89.7 Å². The Balaban J connectivity index is 1.84. The number of fused-ring (bicyclic) bond motifs is 1. The molecule has 0 fully saturated rings. The van der Waals surface area contributed by atoms with Crippen molar-refractivity contribution in [3.05, 3.63) is 51.9 Å². The summed E-state index contributed by atoms with van der Waals surface area (Å²) in [6, 6.07) is 8.49. The lowest BCUT2D eigenvalue weighted by Crippen LogP contribution is -2.30. The molecule has 0 saturated carbocycles. The molecule has 7 heteroatoms. The second-order valence-corrected chi connectivity index (χ2v) is 7.83. The van der Waals surface area contributed by atoms with Gasteiger partial charge in [0.05, 0.1) is 17.0 Å². The van der Waals surface area contributed by atoms with Crippen LogP contribution in [0, 0.1) is 0 Å². The minimum Gasteiger partial charge on any atom is -0.456 e. The van der Waals surface area contributed by atoms with Gasteiger partial charge in [0.25, 0.3) is 11.8 Å². The average Bonchev–Trinajstić information content (AvgIpc) is 3.06. The van der Waals surface area contributed by atoms with E-state index >= 15 is 0 Å². The lowest BCUT2D eigenvalue weighted by Gasteiger charge is -2.19. The molecule has 1 aliphatic heterocycles. The first-order valence-corrected chi connectivity index (χ1v) is 8.56. The number of hydrogen-bond donors (Lipinski definition) is 1. The third-order valence-corrected chi connectivity index (χ3v) is 4.61. The Hall–Kier alpha value is -2.67. The van der Waals surface area contributed by atoms with Crippen molar-refractivity contribution in [2.24, 2.45) is 0 Å². The van der Waals surface area contributed by atoms with Crippen LogP contribution >= 0.6 is 11.3 Å². The molecule has 0 unspecified atom stereocenters. The Bertz CT molecular complexity index is 879. The first-order valence-electron chi connectivity index (χ1n) is 7.74. The SMILES string of the molecule is CC(C)(C)OC(=O)c1cc(C(=O)N2Cc3ccccc3C2=O)sc1N. The molecule has 2 N–H and O–H groups in total. The highest BCUT2D eigenvalue weighted by Crippen LogP contribution is 2.31. The van der Waals surface area contributed by atoms with E-state index in [1.807, 2.05) is 12.1 Å². The second kappa shape index (κ2) is 6.00. The number of ether oxygens (including phenoxy) is 1. The third-order valence-electron chi connectivity index (χ3n) is 3.66. The fraction of sp³-hybridized carbons (Fsp3) is 0.278. The third kappa shape index (κ3) is 3.28. The normalized spacial score (nSPS) is 13.7. The number of amides is 2. The van der Waals surface area contributed by atoms with Crippen LogP contribution in [0.1, 0.15) is 56.7 Å². The molecule has 130 valence electrons. The number of carbonyl (C=O) groups is 3. The molecule has 6 nitrogen and oxygen atoms in total. The van der Waals surface area contributed by atoms with Gasteiger partial charge in [-0.2, -0.15) is 0 Å². The van der Waals surface area contributed by atoms with Crippen LogP contribution in [0.4, 0.5) is 5.00 Å². The number of imide groups is 1. The van der Waals surface area contributed by atoms with Crippen molar-refractivity contribution in [2.45, 2.75) is 32.9 Å². The summed E-state index contributed by atoms with van der Waals surface area (Å²) in [6.45, 7) is 5.46. The summed E-state index contributed by atoms with van der Waals surface area (Å²) in [5, 5.41) is 0.196. The standard InChI is InChI=1S/C18H18N2O4S/c1-18(2,3)24-17(23)12-8-13(25-14(12)19)16(22)20-9-10-6-4-5-7-11(10)15(20)21/h4-8H,9,19H2,1-3H3. The minimum absolute atomic E-state index is 0.146. The Morgan fingerprint density at radius 2 is 1.92 bits per heavy atom. The smallest absolute Gasteiger partial charge is 0.341 e. The summed E-state index contributed by atoms with van der Waals surface area (Å²) >= 11 is 0.978. The van der Waals surface area contributed by atoms with E-state index < -0.39 is 17.5 Å². The molecule has 2 aromatic rings. The van der Waals surface area contributed by atoms with E-state index in [1.165, 1.54) is 6.07 Å². The van der Waals surface area contributed by atoms with Gasteiger partial charge < -0.3 is 10.5 Å². The van der Waals surface area contributed by atoms with Gasteiger partial charge in [-0.25, -0.2) is 4.79 Å². The molecule has 0 atom stereocenters. The maximum absolute atomic E-state index is 12.7. The van der Waals surface area contributed by atoms with Crippen molar-refractivity contribution >= 4 is 34.1 Å². The monoisotopic (exact) mass is 358 g/mol. The van der Waals surface area contributed by atoms with Gasteiger partial charge in [-0.15, -0.1) is 11.3 Å². The molecule has 3 rings (SSSR count). The maximum atomic E-state index is 12.7. The zero-order valence-electron chi connectivity index (χ0n) is 14.2. The summed E-state index contributed by atoms with van der Waals surface area (Å²) in [6.07, 6.45) is 0. The molecular formula is C18H18N2O4S. The van der Waals surface area contributed by atoms with E-state index in [0.29, 0.717) is 5.56 Å². The quantitative estimate of drug-likeness (QED) is 0.658. The van der Waals surface area contributed by atoms with E-state index in [1.54, 1.807) is 32.9 Å². The van der Waals surface area contributed by atoms with Crippen LogP contribution in [0.15, 0.2) is 30.3 Å². The first kappa shape index (κ1) is 17.2. The van der Waals surface area contributed by atoms with E-state index in [2.05, 4.69) is 0 Å². The molecule has 0 bridgehead atoms. The van der Waals surface area contributed by atoms with Gasteiger partial charge in [-0.05, 0) is 38.5 Å². The zero-order valence-corrected chi connectivity index (χ0v) is 15.0. The molecule has 0 spiro atoms. The first-order chi connectivity index (χ1) is 11.7. The summed E-state index contributed by atoms with van der Waals surface area (Å²) < 4.78 is 5.29. The number of benzene rings is 1. The highest BCUT2D eigenvalue weighted by Gasteiger charge is 2.34. The number of hydrogen-bond acceptors (Lipinski definition) is 6. The lowest BCUT2D eigenvalue weighted by molar-refractivity contribution is 0.00712. The number of nitrogens with zero attached hydrogens (tertiary/aromatic N) is 1. The molecule has 1 aromatic carbocycles. The van der Waals surface area contributed by atoms with Crippen LogP contribution in [-0.4, -0.2) is 28.3 Å². The Kier molecular flexibility index (Phi) is 4.12. The number of anilines is 1. The second-order valence-electron chi connectivity index (χ2n) is 6.74. The van der Waals surface area contributed by atoms with Crippen LogP contribution in [0.5, 0.6) is 0 Å². The number of thiophene rings is 1. The zero-order chi connectivity index (χ0) is 18.4. The number of esters is 1. The Morgan fingerprint density at radius 1 is 1.24 bits per heavy atom. The van der Waals surface area contributed by atoms with Gasteiger partial charge in [0.1, 0.15) is 10.6 Å². The minimum atomic E-state index is -0.664. The summed E-state index contributed by atoms with van der Waals surface area (Å²) in [5.74, 6) is -1.39. The van der Waals surface area contributed by atoms with Crippen LogP contribution in [0.2, 0.25) is 0 Å². The molecule has 2 heterocycles. The van der Waals surface area contributed by atoms with Gasteiger partial charge in [-0.1, -0.05) is 18.2 Å². The molecule has 0 radical (unpaired) electrons. The van der Waals surface area contributed by atoms with E-state index in [9.17, 15) is 14.4 Å². The number of nitrogens with two attached hydrogens (primary N) is 1. The lowest BCUT2D eigenvalue weighted by atomic mass is 10.1. The van der Waals surface area contributed by atoms with Crippen LogP contribution < -0.4 is 5.73 Å². The Labute approximate surface area is 149 Å². The molecular weight excluding hydrogens is 340 g/mol. The highest BCUT2D eigenvalue weighted by molar-refractivity contribution is 7.18. The van der Waals surface area contributed by atoms with Gasteiger partial charge in [0.2, 0.25) is 0 Å². The van der Waals surface area contributed by atoms with Gasteiger partial charge in [0, 0.05) is 5.56 Å². The predicted octanol–water partition coefficient (Wildman–Crippen LogP) is 3.08. The van der Waals surface area contributed by atoms with Crippen molar-refractivity contribution in [3.63, 3.8) is 0 Å². The number of nitrogen functional groups attached to an aromatic ring is 1. The van der Waals surface area contributed by atoms with Gasteiger partial charge in [0.15, 0.2) is 0 Å². The van der Waals surface area contributed by atoms with Crippen molar-refractivity contribution in [2.75, 3.05) is 5.73 Å². The van der Waals surface area contributed by atoms with Gasteiger partial charge >= 0.3 is 5.97 Å². The van der Waals surface area contributed by atoms with Crippen LogP contribution in [0.25, 0.3) is 0 Å². The van der Waals surface area contributed by atoms with E-state index in [4.69, 9.17) is 10.5 Å². The fourth-order valence-electron chi connectivity index (χ4n) is 2.55. The van der Waals surface area contributed by atoms with E-state index in [0.717, 1.165) is 21.8 Å². The predicted molar refractivity (Wildman–Crippen MR) is 94.5 cm³/mol. The maximum Gasteiger partial charge on any atom is 0.341 e. The van der Waals surface area contributed by atoms with Crippen molar-refractivity contribution in [3.8, 4) is 0 Å². The van der Waals surface area contributed by atoms with Gasteiger partial charge in [-0.3, -0.25) is 14.5 Å².